The molecule has 0 radical (unpaired) electrons. The Morgan fingerprint density at radius 3 is 2.44 bits per heavy atom. The van der Waals surface area contributed by atoms with Crippen molar-refractivity contribution in [2.45, 2.75) is 25.3 Å². The van der Waals surface area contributed by atoms with Gasteiger partial charge in [-0.2, -0.15) is 0 Å². The van der Waals surface area contributed by atoms with Crippen LogP contribution in [0.25, 0.3) is 0 Å². The Labute approximate surface area is 192 Å². The zero-order valence-corrected chi connectivity index (χ0v) is 19.2. The lowest BCUT2D eigenvalue weighted by Crippen LogP contribution is -2.41. The van der Waals surface area contributed by atoms with Crippen LogP contribution in [0, 0.1) is 13.8 Å². The normalized spacial score (nSPS) is 11.1. The second kappa shape index (κ2) is 9.93. The molecular weight excluding hydrogens is 450 g/mol. The van der Waals surface area contributed by atoms with Crippen LogP contribution in [0.15, 0.2) is 65.6 Å². The summed E-state index contributed by atoms with van der Waals surface area (Å²) in [7, 11) is -4.05. The quantitative estimate of drug-likeness (QED) is 0.505. The molecule has 1 amide bonds. The van der Waals surface area contributed by atoms with Gasteiger partial charge < -0.3 is 5.32 Å². The van der Waals surface area contributed by atoms with Crippen molar-refractivity contribution in [2.24, 2.45) is 0 Å². The minimum Gasteiger partial charge on any atom is -0.349 e. The summed E-state index contributed by atoms with van der Waals surface area (Å²) in [6.07, 6.45) is 0.614. The summed E-state index contributed by atoms with van der Waals surface area (Å²) < 4.78 is 28.0. The molecule has 1 aromatic heterocycles. The first-order chi connectivity index (χ1) is 15.2. The second-order valence-corrected chi connectivity index (χ2v) is 9.43. The van der Waals surface area contributed by atoms with Gasteiger partial charge in [-0.15, -0.1) is 0 Å². The van der Waals surface area contributed by atoms with E-state index in [0.29, 0.717) is 28.3 Å². The molecule has 0 saturated carbocycles. The number of amides is 1. The zero-order valence-electron chi connectivity index (χ0n) is 17.6. The molecular formula is C23H22ClN3O4S. The molecule has 9 heteroatoms. The lowest BCUT2D eigenvalue weighted by molar-refractivity contribution is -0.119. The van der Waals surface area contributed by atoms with Gasteiger partial charge in [0, 0.05) is 5.02 Å². The van der Waals surface area contributed by atoms with Crippen LogP contribution in [0.3, 0.4) is 0 Å². The number of aromatic nitrogens is 1. The fraction of sp³-hybridized carbons (Fsp3) is 0.174. The maximum absolute atomic E-state index is 13.5. The molecule has 0 atom stereocenters. The number of carbonyl (C=O) groups excluding carboxylic acids is 2. The molecule has 0 aliphatic rings. The monoisotopic (exact) mass is 471 g/mol. The lowest BCUT2D eigenvalue weighted by atomic mass is 10.2. The molecule has 1 N–H and O–H groups in total. The summed E-state index contributed by atoms with van der Waals surface area (Å²) in [6, 6.07) is 16.2. The lowest BCUT2D eigenvalue weighted by Gasteiger charge is -2.26. The largest absolute Gasteiger partial charge is 0.349 e. The molecule has 166 valence electrons. The van der Waals surface area contributed by atoms with E-state index >= 15 is 0 Å². The van der Waals surface area contributed by atoms with Crippen molar-refractivity contribution >= 4 is 39.5 Å². The van der Waals surface area contributed by atoms with Crippen LogP contribution in [0.4, 0.5) is 5.69 Å². The Kier molecular flexibility index (Phi) is 7.27. The van der Waals surface area contributed by atoms with Crippen LogP contribution in [-0.4, -0.2) is 32.1 Å². The molecule has 0 spiro atoms. The van der Waals surface area contributed by atoms with Crippen LogP contribution < -0.4 is 9.62 Å². The summed E-state index contributed by atoms with van der Waals surface area (Å²) in [5.41, 5.74) is 2.49. The first-order valence-electron chi connectivity index (χ1n) is 9.74. The third-order valence-electron chi connectivity index (χ3n) is 4.82. The Morgan fingerprint density at radius 1 is 1.06 bits per heavy atom. The summed E-state index contributed by atoms with van der Waals surface area (Å²) in [6.45, 7) is 3.15. The van der Waals surface area contributed by atoms with Gasteiger partial charge in [-0.25, -0.2) is 13.4 Å². The number of aldehydes is 1. The second-order valence-electron chi connectivity index (χ2n) is 7.16. The van der Waals surface area contributed by atoms with E-state index in [1.807, 2.05) is 6.92 Å². The number of rotatable bonds is 8. The molecule has 0 bridgehead atoms. The van der Waals surface area contributed by atoms with E-state index in [-0.39, 0.29) is 17.1 Å². The molecule has 7 nitrogen and oxygen atoms in total. The number of hydrogen-bond acceptors (Lipinski definition) is 5. The molecule has 0 aliphatic heterocycles. The number of halogens is 1. The van der Waals surface area contributed by atoms with E-state index in [2.05, 4.69) is 10.3 Å². The summed E-state index contributed by atoms with van der Waals surface area (Å²) >= 11 is 6.22. The van der Waals surface area contributed by atoms with E-state index in [1.165, 1.54) is 12.1 Å². The van der Waals surface area contributed by atoms with Gasteiger partial charge in [0.05, 0.1) is 22.8 Å². The zero-order chi connectivity index (χ0) is 23.3. The highest BCUT2D eigenvalue weighted by Gasteiger charge is 2.28. The minimum absolute atomic E-state index is 0.0491. The van der Waals surface area contributed by atoms with Gasteiger partial charge >= 0.3 is 0 Å². The SMILES string of the molecule is Cc1ccc(S(=O)(=O)N(CC(=O)NCc2cccc(C=O)n2)c2cccc(Cl)c2C)cc1. The van der Waals surface area contributed by atoms with Crippen LogP contribution >= 0.6 is 11.6 Å². The average molecular weight is 472 g/mol. The number of carbonyl (C=O) groups is 2. The predicted octanol–water partition coefficient (Wildman–Crippen LogP) is 3.68. The number of aryl methyl sites for hydroxylation is 1. The third-order valence-corrected chi connectivity index (χ3v) is 7.00. The number of hydrogen-bond donors (Lipinski definition) is 1. The minimum atomic E-state index is -4.05. The van der Waals surface area contributed by atoms with Crippen LogP contribution in [0.5, 0.6) is 0 Å². The van der Waals surface area contributed by atoms with Crippen LogP contribution in [0.1, 0.15) is 27.3 Å². The highest BCUT2D eigenvalue weighted by Crippen LogP contribution is 2.30. The number of anilines is 1. The van der Waals surface area contributed by atoms with Crippen LogP contribution in [0.2, 0.25) is 5.02 Å². The van der Waals surface area contributed by atoms with Crippen molar-refractivity contribution in [2.75, 3.05) is 10.8 Å². The topological polar surface area (TPSA) is 96.4 Å². The van der Waals surface area contributed by atoms with E-state index in [0.717, 1.165) is 9.87 Å². The van der Waals surface area contributed by atoms with Gasteiger partial charge in [0.15, 0.2) is 6.29 Å². The van der Waals surface area contributed by atoms with Gasteiger partial charge in [-0.1, -0.05) is 41.4 Å². The van der Waals surface area contributed by atoms with Crippen molar-refractivity contribution in [3.63, 3.8) is 0 Å². The molecule has 0 fully saturated rings. The van der Waals surface area contributed by atoms with Crippen molar-refractivity contribution < 1.29 is 18.0 Å². The summed E-state index contributed by atoms with van der Waals surface area (Å²) in [5.74, 6) is -0.529. The highest BCUT2D eigenvalue weighted by molar-refractivity contribution is 7.92. The van der Waals surface area contributed by atoms with E-state index in [1.54, 1.807) is 55.5 Å². The number of pyridine rings is 1. The Balaban J connectivity index is 1.90. The fourth-order valence-corrected chi connectivity index (χ4v) is 4.69. The standard InChI is InChI=1S/C23H22ClN3O4S/c1-16-9-11-20(12-10-16)32(30,31)27(22-8-4-7-21(24)17(22)2)14-23(29)25-13-18-5-3-6-19(15-28)26-18/h3-12,15H,13-14H2,1-2H3,(H,25,29). The fourth-order valence-electron chi connectivity index (χ4n) is 3.04. The van der Waals surface area contributed by atoms with Crippen molar-refractivity contribution in [3.8, 4) is 0 Å². The maximum Gasteiger partial charge on any atom is 0.264 e. The molecule has 0 unspecified atom stereocenters. The maximum atomic E-state index is 13.5. The van der Waals surface area contributed by atoms with E-state index in [4.69, 9.17) is 11.6 Å². The molecule has 0 aliphatic carbocycles. The number of benzene rings is 2. The molecule has 1 heterocycles. The van der Waals surface area contributed by atoms with E-state index in [9.17, 15) is 18.0 Å². The number of sulfonamides is 1. The van der Waals surface area contributed by atoms with Gasteiger partial charge in [-0.05, 0) is 55.8 Å². The molecule has 3 aromatic rings. The third kappa shape index (κ3) is 5.33. The van der Waals surface area contributed by atoms with Gasteiger partial charge in [0.25, 0.3) is 10.0 Å². The molecule has 3 rings (SSSR count). The van der Waals surface area contributed by atoms with Gasteiger partial charge in [0.1, 0.15) is 12.2 Å². The first kappa shape index (κ1) is 23.4. The van der Waals surface area contributed by atoms with Crippen molar-refractivity contribution in [1.82, 2.24) is 10.3 Å². The Bertz CT molecular complexity index is 1240. The highest BCUT2D eigenvalue weighted by atomic mass is 35.5. The van der Waals surface area contributed by atoms with E-state index < -0.39 is 22.5 Å². The predicted molar refractivity (Wildman–Crippen MR) is 123 cm³/mol. The molecule has 32 heavy (non-hydrogen) atoms. The van der Waals surface area contributed by atoms with Gasteiger partial charge in [0.2, 0.25) is 5.91 Å². The molecule has 0 saturated heterocycles. The van der Waals surface area contributed by atoms with Crippen molar-refractivity contribution in [3.05, 3.63) is 88.2 Å². The average Bonchev–Trinajstić information content (AvgIpc) is 2.78. The van der Waals surface area contributed by atoms with Gasteiger partial charge in [-0.3, -0.25) is 13.9 Å². The van der Waals surface area contributed by atoms with Crippen molar-refractivity contribution in [1.29, 1.82) is 0 Å². The molecule has 2 aromatic carbocycles. The van der Waals surface area contributed by atoms with Crippen LogP contribution in [-0.2, 0) is 21.4 Å². The Hall–Kier alpha value is -3.23. The first-order valence-corrected chi connectivity index (χ1v) is 11.6. The Morgan fingerprint density at radius 2 is 1.75 bits per heavy atom. The number of nitrogens with one attached hydrogen (secondary N) is 1. The number of nitrogens with zero attached hydrogens (tertiary/aromatic N) is 2. The summed E-state index contributed by atoms with van der Waals surface area (Å²) in [4.78, 5) is 27.8. The summed E-state index contributed by atoms with van der Waals surface area (Å²) in [5, 5.41) is 3.05. The smallest absolute Gasteiger partial charge is 0.264 e.